The minimum Gasteiger partial charge on any atom is -0.383 e. The lowest BCUT2D eigenvalue weighted by Gasteiger charge is -2.23. The molecule has 2 N–H and O–H groups in total. The first kappa shape index (κ1) is 23.7. The number of nitrogens with zero attached hydrogens (tertiary/aromatic N) is 3. The van der Waals surface area contributed by atoms with E-state index < -0.39 is 12.7 Å². The van der Waals surface area contributed by atoms with Gasteiger partial charge in [-0.25, -0.2) is 0 Å². The van der Waals surface area contributed by atoms with Gasteiger partial charge in [0, 0.05) is 59.0 Å². The number of likely N-dealkylation sites (tertiary alicyclic amines) is 1. The molecule has 2 rings (SSSR count). The molecule has 1 atom stereocenters. The fourth-order valence-corrected chi connectivity index (χ4v) is 3.18. The molecule has 0 spiro atoms. The SMILES string of the molecule is CN=C(NCCN(CCOC)C1CC1)NC1CCN(CC(F)(F)F)C1.I. The first-order chi connectivity index (χ1) is 11.9. The Kier molecular flexibility index (Phi) is 10.5. The highest BCUT2D eigenvalue weighted by Gasteiger charge is 2.34. The van der Waals surface area contributed by atoms with Gasteiger partial charge in [0.05, 0.1) is 13.2 Å². The van der Waals surface area contributed by atoms with E-state index in [1.165, 1.54) is 17.7 Å². The van der Waals surface area contributed by atoms with Crippen molar-refractivity contribution < 1.29 is 17.9 Å². The van der Waals surface area contributed by atoms with Crippen molar-refractivity contribution in [3.8, 4) is 0 Å². The van der Waals surface area contributed by atoms with Crippen LogP contribution in [-0.2, 0) is 4.74 Å². The van der Waals surface area contributed by atoms with E-state index in [2.05, 4.69) is 20.5 Å². The Morgan fingerprint density at radius 3 is 2.58 bits per heavy atom. The van der Waals surface area contributed by atoms with Crippen molar-refractivity contribution in [3.63, 3.8) is 0 Å². The summed E-state index contributed by atoms with van der Waals surface area (Å²) in [4.78, 5) is 8.02. The van der Waals surface area contributed by atoms with Crippen LogP contribution in [0.1, 0.15) is 19.3 Å². The molecule has 0 radical (unpaired) electrons. The maximum Gasteiger partial charge on any atom is 0.401 e. The lowest BCUT2D eigenvalue weighted by molar-refractivity contribution is -0.143. The van der Waals surface area contributed by atoms with Gasteiger partial charge in [-0.1, -0.05) is 0 Å². The van der Waals surface area contributed by atoms with Crippen LogP contribution in [0.2, 0.25) is 0 Å². The molecular weight excluding hydrogens is 462 g/mol. The van der Waals surface area contributed by atoms with E-state index in [-0.39, 0.29) is 30.0 Å². The molecule has 1 saturated heterocycles. The van der Waals surface area contributed by atoms with E-state index in [9.17, 15) is 13.2 Å². The van der Waals surface area contributed by atoms with Crippen LogP contribution < -0.4 is 10.6 Å². The number of ether oxygens (including phenoxy) is 1. The standard InChI is InChI=1S/C16H30F3N5O.HI/c1-20-15(21-6-8-24(9-10-25-2)14-3-4-14)22-13-5-7-23(11-13)12-16(17,18)19;/h13-14H,3-12H2,1-2H3,(H2,20,21,22);1H. The second kappa shape index (κ2) is 11.5. The van der Waals surface area contributed by atoms with Crippen LogP contribution in [0.25, 0.3) is 0 Å². The van der Waals surface area contributed by atoms with Gasteiger partial charge in [0.2, 0.25) is 0 Å². The maximum atomic E-state index is 12.5. The number of hydrogen-bond acceptors (Lipinski definition) is 4. The third-order valence-electron chi connectivity index (χ3n) is 4.58. The van der Waals surface area contributed by atoms with Gasteiger partial charge in [-0.3, -0.25) is 14.8 Å². The van der Waals surface area contributed by atoms with Crippen molar-refractivity contribution in [2.45, 2.75) is 37.5 Å². The zero-order chi connectivity index (χ0) is 18.3. The summed E-state index contributed by atoms with van der Waals surface area (Å²) >= 11 is 0. The Balaban J connectivity index is 0.00000338. The molecule has 10 heteroatoms. The number of halogens is 4. The molecule has 2 aliphatic rings. The molecule has 6 nitrogen and oxygen atoms in total. The highest BCUT2D eigenvalue weighted by molar-refractivity contribution is 14.0. The Morgan fingerprint density at radius 1 is 1.27 bits per heavy atom. The summed E-state index contributed by atoms with van der Waals surface area (Å²) in [6.07, 6.45) is -0.955. The normalized spacial score (nSPS) is 21.8. The van der Waals surface area contributed by atoms with E-state index in [0.717, 1.165) is 26.2 Å². The van der Waals surface area contributed by atoms with E-state index in [4.69, 9.17) is 4.74 Å². The van der Waals surface area contributed by atoms with Gasteiger partial charge in [0.15, 0.2) is 5.96 Å². The average molecular weight is 493 g/mol. The smallest absolute Gasteiger partial charge is 0.383 e. The minimum atomic E-state index is -4.14. The predicted octanol–water partition coefficient (Wildman–Crippen LogP) is 1.52. The van der Waals surface area contributed by atoms with Crippen LogP contribution in [0, 0.1) is 0 Å². The Labute approximate surface area is 170 Å². The van der Waals surface area contributed by atoms with Gasteiger partial charge < -0.3 is 15.4 Å². The summed E-state index contributed by atoms with van der Waals surface area (Å²) in [5, 5.41) is 6.49. The van der Waals surface area contributed by atoms with Gasteiger partial charge in [-0.15, -0.1) is 24.0 Å². The third-order valence-corrected chi connectivity index (χ3v) is 4.58. The highest BCUT2D eigenvalue weighted by Crippen LogP contribution is 2.26. The first-order valence-corrected chi connectivity index (χ1v) is 8.90. The Bertz CT molecular complexity index is 435. The topological polar surface area (TPSA) is 52.1 Å². The quantitative estimate of drug-likeness (QED) is 0.290. The van der Waals surface area contributed by atoms with Crippen LogP contribution >= 0.6 is 24.0 Å². The minimum absolute atomic E-state index is 0. The summed E-state index contributed by atoms with van der Waals surface area (Å²) < 4.78 is 42.5. The van der Waals surface area contributed by atoms with Gasteiger partial charge in [-0.2, -0.15) is 13.2 Å². The number of guanidine groups is 1. The molecule has 1 unspecified atom stereocenters. The van der Waals surface area contributed by atoms with Crippen LogP contribution in [0.4, 0.5) is 13.2 Å². The second-order valence-corrected chi connectivity index (χ2v) is 6.74. The second-order valence-electron chi connectivity index (χ2n) is 6.74. The number of aliphatic imine (C=N–C) groups is 1. The van der Waals surface area contributed by atoms with E-state index in [0.29, 0.717) is 31.5 Å². The molecule has 1 aliphatic heterocycles. The zero-order valence-corrected chi connectivity index (χ0v) is 17.8. The third kappa shape index (κ3) is 9.05. The monoisotopic (exact) mass is 493 g/mol. The van der Waals surface area contributed by atoms with Crippen LogP contribution in [0.15, 0.2) is 4.99 Å². The molecule has 1 aliphatic carbocycles. The number of methoxy groups -OCH3 is 1. The first-order valence-electron chi connectivity index (χ1n) is 8.90. The molecular formula is C16H31F3IN5O. The van der Waals surface area contributed by atoms with Gasteiger partial charge >= 0.3 is 6.18 Å². The summed E-state index contributed by atoms with van der Waals surface area (Å²) in [5.41, 5.74) is 0. The Morgan fingerprint density at radius 2 is 2.00 bits per heavy atom. The van der Waals surface area contributed by atoms with Gasteiger partial charge in [-0.05, 0) is 19.3 Å². The number of nitrogens with one attached hydrogen (secondary N) is 2. The van der Waals surface area contributed by atoms with Crippen molar-refractivity contribution in [2.24, 2.45) is 4.99 Å². The average Bonchev–Trinajstić information content (AvgIpc) is 3.30. The van der Waals surface area contributed by atoms with Crippen LogP contribution in [0.3, 0.4) is 0 Å². The Hall–Kier alpha value is -0.330. The van der Waals surface area contributed by atoms with Crippen molar-refractivity contribution in [2.75, 3.05) is 60.0 Å². The molecule has 0 aromatic heterocycles. The maximum absolute atomic E-state index is 12.5. The predicted molar refractivity (Wildman–Crippen MR) is 107 cm³/mol. The largest absolute Gasteiger partial charge is 0.401 e. The van der Waals surface area contributed by atoms with Crippen LogP contribution in [-0.4, -0.2) is 94.1 Å². The molecule has 0 aromatic carbocycles. The summed E-state index contributed by atoms with van der Waals surface area (Å²) in [6, 6.07) is 0.666. The number of alkyl halides is 3. The van der Waals surface area contributed by atoms with Crippen molar-refractivity contribution >= 4 is 29.9 Å². The van der Waals surface area contributed by atoms with E-state index >= 15 is 0 Å². The number of hydrogen-bond donors (Lipinski definition) is 2. The van der Waals surface area contributed by atoms with Gasteiger partial charge in [0.25, 0.3) is 0 Å². The molecule has 0 aromatic rings. The van der Waals surface area contributed by atoms with E-state index in [1.807, 2.05) is 0 Å². The van der Waals surface area contributed by atoms with Crippen molar-refractivity contribution in [1.82, 2.24) is 20.4 Å². The summed E-state index contributed by atoms with van der Waals surface area (Å²) in [6.45, 7) is 3.30. The fourth-order valence-electron chi connectivity index (χ4n) is 3.18. The molecule has 26 heavy (non-hydrogen) atoms. The highest BCUT2D eigenvalue weighted by atomic mass is 127. The number of rotatable bonds is 9. The zero-order valence-electron chi connectivity index (χ0n) is 15.5. The molecule has 154 valence electrons. The van der Waals surface area contributed by atoms with Gasteiger partial charge in [0.1, 0.15) is 0 Å². The summed E-state index contributed by atoms with van der Waals surface area (Å²) in [7, 11) is 3.39. The molecule has 0 amide bonds. The lowest BCUT2D eigenvalue weighted by Crippen LogP contribution is -2.47. The van der Waals surface area contributed by atoms with Crippen molar-refractivity contribution in [1.29, 1.82) is 0 Å². The molecule has 0 bridgehead atoms. The fraction of sp³-hybridized carbons (Fsp3) is 0.938. The lowest BCUT2D eigenvalue weighted by atomic mass is 10.3. The van der Waals surface area contributed by atoms with E-state index in [1.54, 1.807) is 14.2 Å². The van der Waals surface area contributed by atoms with Crippen LogP contribution in [0.5, 0.6) is 0 Å². The van der Waals surface area contributed by atoms with Crippen molar-refractivity contribution in [3.05, 3.63) is 0 Å². The summed E-state index contributed by atoms with van der Waals surface area (Å²) in [5.74, 6) is 0.654. The molecule has 1 saturated carbocycles. The molecule has 1 heterocycles. The molecule has 2 fully saturated rings.